The van der Waals surface area contributed by atoms with Gasteiger partial charge in [-0.05, 0) is 25.0 Å². The van der Waals surface area contributed by atoms with Gasteiger partial charge < -0.3 is 5.11 Å². The SMILES string of the molecule is CCC1CC(=O)NN=C1c1cccc(O)c1C. The number of hydrogen-bond donors (Lipinski definition) is 2. The van der Waals surface area contributed by atoms with E-state index in [1.807, 2.05) is 19.9 Å². The van der Waals surface area contributed by atoms with Crippen LogP contribution in [0.1, 0.15) is 30.9 Å². The van der Waals surface area contributed by atoms with Crippen LogP contribution in [-0.2, 0) is 4.79 Å². The molecule has 1 amide bonds. The van der Waals surface area contributed by atoms with Crippen molar-refractivity contribution in [1.82, 2.24) is 5.43 Å². The predicted octanol–water partition coefficient (Wildman–Crippen LogP) is 1.95. The molecule has 0 aromatic heterocycles. The lowest BCUT2D eigenvalue weighted by atomic mass is 9.88. The van der Waals surface area contributed by atoms with Crippen LogP contribution in [0.15, 0.2) is 23.3 Å². The number of carbonyl (C=O) groups is 1. The van der Waals surface area contributed by atoms with Crippen LogP contribution in [0.2, 0.25) is 0 Å². The first-order chi connectivity index (χ1) is 8.13. The number of aromatic hydroxyl groups is 1. The molecule has 4 nitrogen and oxygen atoms in total. The van der Waals surface area contributed by atoms with Crippen LogP contribution in [0.3, 0.4) is 0 Å². The van der Waals surface area contributed by atoms with Crippen molar-refractivity contribution in [3.63, 3.8) is 0 Å². The number of hydrazone groups is 1. The number of rotatable bonds is 2. The molecule has 1 aromatic rings. The van der Waals surface area contributed by atoms with E-state index >= 15 is 0 Å². The fraction of sp³-hybridized carbons (Fsp3) is 0.385. The summed E-state index contributed by atoms with van der Waals surface area (Å²) in [5.74, 6) is 0.347. The predicted molar refractivity (Wildman–Crippen MR) is 65.9 cm³/mol. The minimum Gasteiger partial charge on any atom is -0.508 e. The first kappa shape index (κ1) is 11.6. The molecule has 0 saturated carbocycles. The van der Waals surface area contributed by atoms with Gasteiger partial charge in [-0.2, -0.15) is 5.10 Å². The fourth-order valence-electron chi connectivity index (χ4n) is 2.10. The standard InChI is InChI=1S/C13H16N2O2/c1-3-9-7-12(17)14-15-13(9)10-5-4-6-11(16)8(10)2/h4-6,9,16H,3,7H2,1-2H3,(H,14,17). The Morgan fingerprint density at radius 2 is 2.29 bits per heavy atom. The minimum absolute atomic E-state index is 0.0431. The molecule has 0 saturated heterocycles. The summed E-state index contributed by atoms with van der Waals surface area (Å²) in [5.41, 5.74) is 5.09. The molecule has 0 aliphatic carbocycles. The smallest absolute Gasteiger partial charge is 0.240 e. The van der Waals surface area contributed by atoms with Gasteiger partial charge in [0.2, 0.25) is 5.91 Å². The lowest BCUT2D eigenvalue weighted by Crippen LogP contribution is -2.33. The summed E-state index contributed by atoms with van der Waals surface area (Å²) in [7, 11) is 0. The summed E-state index contributed by atoms with van der Waals surface area (Å²) < 4.78 is 0. The van der Waals surface area contributed by atoms with E-state index in [0.29, 0.717) is 6.42 Å². The topological polar surface area (TPSA) is 61.7 Å². The highest BCUT2D eigenvalue weighted by atomic mass is 16.3. The number of hydrogen-bond acceptors (Lipinski definition) is 3. The second kappa shape index (κ2) is 4.57. The van der Waals surface area contributed by atoms with Crippen molar-refractivity contribution in [3.8, 4) is 5.75 Å². The van der Waals surface area contributed by atoms with Crippen LogP contribution < -0.4 is 5.43 Å². The lowest BCUT2D eigenvalue weighted by molar-refractivity contribution is -0.122. The molecule has 1 heterocycles. The van der Waals surface area contributed by atoms with Crippen molar-refractivity contribution < 1.29 is 9.90 Å². The Balaban J connectivity index is 2.45. The third-order valence-corrected chi connectivity index (χ3v) is 3.19. The van der Waals surface area contributed by atoms with Crippen molar-refractivity contribution >= 4 is 11.6 Å². The van der Waals surface area contributed by atoms with Crippen molar-refractivity contribution in [2.75, 3.05) is 0 Å². The Morgan fingerprint density at radius 1 is 1.53 bits per heavy atom. The van der Waals surface area contributed by atoms with Crippen LogP contribution in [0.25, 0.3) is 0 Å². The zero-order chi connectivity index (χ0) is 12.4. The molecule has 1 aromatic carbocycles. The van der Waals surface area contributed by atoms with Gasteiger partial charge in [0.15, 0.2) is 0 Å². The normalized spacial score (nSPS) is 19.8. The molecular formula is C13H16N2O2. The quantitative estimate of drug-likeness (QED) is 0.818. The second-order valence-corrected chi connectivity index (χ2v) is 4.29. The number of nitrogens with one attached hydrogen (secondary N) is 1. The molecule has 2 rings (SSSR count). The molecule has 90 valence electrons. The maximum atomic E-state index is 11.3. The summed E-state index contributed by atoms with van der Waals surface area (Å²) in [6, 6.07) is 5.37. The van der Waals surface area contributed by atoms with E-state index in [0.717, 1.165) is 23.3 Å². The maximum Gasteiger partial charge on any atom is 0.240 e. The Kier molecular flexibility index (Phi) is 3.13. The Bertz CT molecular complexity index is 480. The zero-order valence-electron chi connectivity index (χ0n) is 10.0. The van der Waals surface area contributed by atoms with Crippen molar-refractivity contribution in [1.29, 1.82) is 0 Å². The Labute approximate surface area is 100 Å². The van der Waals surface area contributed by atoms with Crippen LogP contribution in [-0.4, -0.2) is 16.7 Å². The van der Waals surface area contributed by atoms with E-state index < -0.39 is 0 Å². The number of amides is 1. The van der Waals surface area contributed by atoms with E-state index in [1.165, 1.54) is 0 Å². The highest BCUT2D eigenvalue weighted by Crippen LogP contribution is 2.26. The van der Waals surface area contributed by atoms with Gasteiger partial charge in [0.25, 0.3) is 0 Å². The fourth-order valence-corrected chi connectivity index (χ4v) is 2.10. The Hall–Kier alpha value is -1.84. The van der Waals surface area contributed by atoms with Gasteiger partial charge in [-0.1, -0.05) is 19.1 Å². The highest BCUT2D eigenvalue weighted by molar-refractivity contribution is 6.07. The third-order valence-electron chi connectivity index (χ3n) is 3.19. The second-order valence-electron chi connectivity index (χ2n) is 4.29. The molecule has 1 aliphatic rings. The van der Waals surface area contributed by atoms with Crippen molar-refractivity contribution in [2.24, 2.45) is 11.0 Å². The summed E-state index contributed by atoms with van der Waals surface area (Å²) in [6.45, 7) is 3.90. The maximum absolute atomic E-state index is 11.3. The summed E-state index contributed by atoms with van der Waals surface area (Å²) in [5, 5.41) is 13.8. The molecule has 0 radical (unpaired) electrons. The van der Waals surface area contributed by atoms with E-state index in [2.05, 4.69) is 10.5 Å². The summed E-state index contributed by atoms with van der Waals surface area (Å²) >= 11 is 0. The van der Waals surface area contributed by atoms with E-state index in [-0.39, 0.29) is 17.6 Å². The molecular weight excluding hydrogens is 216 g/mol. The van der Waals surface area contributed by atoms with E-state index in [1.54, 1.807) is 12.1 Å². The van der Waals surface area contributed by atoms with Gasteiger partial charge in [-0.3, -0.25) is 4.79 Å². The molecule has 1 atom stereocenters. The average Bonchev–Trinajstić information content (AvgIpc) is 2.33. The van der Waals surface area contributed by atoms with E-state index in [4.69, 9.17) is 0 Å². The zero-order valence-corrected chi connectivity index (χ0v) is 10.0. The number of phenolic OH excluding ortho intramolecular Hbond substituents is 1. The summed E-state index contributed by atoms with van der Waals surface area (Å²) in [6.07, 6.45) is 1.33. The number of benzene rings is 1. The highest BCUT2D eigenvalue weighted by Gasteiger charge is 2.25. The molecule has 0 spiro atoms. The molecule has 2 N–H and O–H groups in total. The van der Waals surface area contributed by atoms with Crippen LogP contribution in [0.4, 0.5) is 0 Å². The summed E-state index contributed by atoms with van der Waals surface area (Å²) in [4.78, 5) is 11.3. The van der Waals surface area contributed by atoms with Gasteiger partial charge in [0, 0.05) is 17.9 Å². The Morgan fingerprint density at radius 3 is 3.00 bits per heavy atom. The third kappa shape index (κ3) is 2.16. The van der Waals surface area contributed by atoms with Gasteiger partial charge in [-0.15, -0.1) is 0 Å². The van der Waals surface area contributed by atoms with Gasteiger partial charge in [0.1, 0.15) is 5.75 Å². The first-order valence-electron chi connectivity index (χ1n) is 5.78. The molecule has 0 fully saturated rings. The molecule has 1 aliphatic heterocycles. The molecule has 1 unspecified atom stereocenters. The van der Waals surface area contributed by atoms with Crippen LogP contribution in [0, 0.1) is 12.8 Å². The van der Waals surface area contributed by atoms with Crippen molar-refractivity contribution in [2.45, 2.75) is 26.7 Å². The van der Waals surface area contributed by atoms with E-state index in [9.17, 15) is 9.90 Å². The largest absolute Gasteiger partial charge is 0.508 e. The molecule has 0 bridgehead atoms. The first-order valence-corrected chi connectivity index (χ1v) is 5.78. The molecule has 4 heteroatoms. The number of phenols is 1. The molecule has 17 heavy (non-hydrogen) atoms. The monoisotopic (exact) mass is 232 g/mol. The average molecular weight is 232 g/mol. The van der Waals surface area contributed by atoms with Crippen molar-refractivity contribution in [3.05, 3.63) is 29.3 Å². The van der Waals surface area contributed by atoms with Crippen LogP contribution in [0.5, 0.6) is 5.75 Å². The number of carbonyl (C=O) groups excluding carboxylic acids is 1. The van der Waals surface area contributed by atoms with Gasteiger partial charge in [0.05, 0.1) is 5.71 Å². The number of nitrogens with zero attached hydrogens (tertiary/aromatic N) is 1. The van der Waals surface area contributed by atoms with Crippen LogP contribution >= 0.6 is 0 Å². The van der Waals surface area contributed by atoms with Gasteiger partial charge in [-0.25, -0.2) is 5.43 Å². The lowest BCUT2D eigenvalue weighted by Gasteiger charge is -2.22. The van der Waals surface area contributed by atoms with Gasteiger partial charge >= 0.3 is 0 Å². The minimum atomic E-state index is -0.0431.